The first-order chi connectivity index (χ1) is 13.2. The zero-order valence-electron chi connectivity index (χ0n) is 16.2. The van der Waals surface area contributed by atoms with Crippen LogP contribution in [-0.4, -0.2) is 20.6 Å². The molecule has 144 valence electrons. The minimum Gasteiger partial charge on any atom is -0.508 e. The number of carbonyl (C=O) groups excluding carboxylic acids is 1. The van der Waals surface area contributed by atoms with E-state index in [0.29, 0.717) is 0 Å². The number of ketones is 1. The molecule has 0 aliphatic carbocycles. The molecule has 0 radical (unpaired) electrons. The van der Waals surface area contributed by atoms with Gasteiger partial charge in [0.15, 0.2) is 5.76 Å². The average Bonchev–Trinajstić information content (AvgIpc) is 3.11. The summed E-state index contributed by atoms with van der Waals surface area (Å²) < 4.78 is 7.84. The van der Waals surface area contributed by atoms with Gasteiger partial charge >= 0.3 is 0 Å². The Hall–Kier alpha value is -3.21. The number of rotatable bonds is 3. The summed E-state index contributed by atoms with van der Waals surface area (Å²) in [7, 11) is 0. The van der Waals surface area contributed by atoms with E-state index in [0.717, 1.165) is 35.5 Å². The van der Waals surface area contributed by atoms with Gasteiger partial charge in [0.25, 0.3) is 0 Å². The van der Waals surface area contributed by atoms with Gasteiger partial charge in [-0.15, -0.1) is 0 Å². The van der Waals surface area contributed by atoms with Gasteiger partial charge in [0.05, 0.1) is 0 Å². The third-order valence-corrected chi connectivity index (χ3v) is 4.95. The monoisotopic (exact) mass is 377 g/mol. The highest BCUT2D eigenvalue weighted by molar-refractivity contribution is 6.16. The Labute approximate surface area is 163 Å². The first kappa shape index (κ1) is 18.2. The second-order valence-corrected chi connectivity index (χ2v) is 8.38. The molecule has 0 saturated heterocycles. The molecule has 5 nitrogen and oxygen atoms in total. The number of nitrogens with zero attached hydrogens (tertiary/aromatic N) is 1. The summed E-state index contributed by atoms with van der Waals surface area (Å²) in [5.41, 5.74) is 2.28. The molecule has 1 aromatic heterocycles. The van der Waals surface area contributed by atoms with Crippen LogP contribution in [0.4, 0.5) is 0 Å². The maximum atomic E-state index is 12.7. The number of carbonyl (C=O) groups is 1. The van der Waals surface area contributed by atoms with Crippen molar-refractivity contribution in [1.82, 2.24) is 4.57 Å². The van der Waals surface area contributed by atoms with Gasteiger partial charge in [-0.2, -0.15) is 0 Å². The van der Waals surface area contributed by atoms with Crippen LogP contribution >= 0.6 is 0 Å². The minimum absolute atomic E-state index is 0.0838. The van der Waals surface area contributed by atoms with Crippen molar-refractivity contribution in [2.45, 2.75) is 33.7 Å². The number of fused-ring (bicyclic) bond motifs is 2. The number of phenols is 2. The lowest BCUT2D eigenvalue weighted by Crippen LogP contribution is -2.09. The minimum atomic E-state index is -0.390. The third kappa shape index (κ3) is 3.24. The van der Waals surface area contributed by atoms with Crippen molar-refractivity contribution >= 4 is 22.8 Å². The van der Waals surface area contributed by atoms with Crippen LogP contribution in [0.5, 0.6) is 17.2 Å². The van der Waals surface area contributed by atoms with E-state index in [2.05, 4.69) is 31.4 Å². The molecule has 2 heterocycles. The number of para-hydroxylation sites is 1. The maximum absolute atomic E-state index is 12.7. The lowest BCUT2D eigenvalue weighted by molar-refractivity contribution is 0.101. The van der Waals surface area contributed by atoms with Gasteiger partial charge in [0.2, 0.25) is 5.78 Å². The summed E-state index contributed by atoms with van der Waals surface area (Å²) in [4.78, 5) is 12.7. The second-order valence-electron chi connectivity index (χ2n) is 8.38. The van der Waals surface area contributed by atoms with Gasteiger partial charge in [-0.1, -0.05) is 39.0 Å². The number of benzene rings is 2. The van der Waals surface area contributed by atoms with Gasteiger partial charge in [0.1, 0.15) is 22.8 Å². The summed E-state index contributed by atoms with van der Waals surface area (Å²) in [6.07, 6.45) is 4.75. The van der Waals surface area contributed by atoms with E-state index in [4.69, 9.17) is 4.74 Å². The largest absolute Gasteiger partial charge is 0.508 e. The molecule has 0 saturated carbocycles. The summed E-state index contributed by atoms with van der Waals surface area (Å²) in [6, 6.07) is 10.5. The molecule has 5 heteroatoms. The average molecular weight is 377 g/mol. The van der Waals surface area contributed by atoms with Crippen LogP contribution in [0.2, 0.25) is 0 Å². The molecule has 0 bridgehead atoms. The molecular weight excluding hydrogens is 354 g/mol. The number of aromatic nitrogens is 1. The number of ether oxygens (including phenoxy) is 1. The Morgan fingerprint density at radius 1 is 1.14 bits per heavy atom. The van der Waals surface area contributed by atoms with E-state index in [9.17, 15) is 15.0 Å². The van der Waals surface area contributed by atoms with Crippen LogP contribution in [0.15, 0.2) is 48.4 Å². The smallest absolute Gasteiger partial charge is 0.235 e. The molecule has 1 aliphatic rings. The molecule has 3 aromatic rings. The van der Waals surface area contributed by atoms with Crippen LogP contribution in [0.3, 0.4) is 0 Å². The molecule has 0 unspecified atom stereocenters. The van der Waals surface area contributed by atoms with Crippen LogP contribution in [0.1, 0.15) is 43.1 Å². The van der Waals surface area contributed by atoms with Gasteiger partial charge in [-0.3, -0.25) is 4.79 Å². The molecule has 0 atom stereocenters. The van der Waals surface area contributed by atoms with Crippen molar-refractivity contribution < 1.29 is 19.7 Å². The molecule has 28 heavy (non-hydrogen) atoms. The predicted octanol–water partition coefficient (Wildman–Crippen LogP) is 5.10. The fourth-order valence-electron chi connectivity index (χ4n) is 3.45. The van der Waals surface area contributed by atoms with Crippen LogP contribution < -0.4 is 4.74 Å². The van der Waals surface area contributed by atoms with E-state index in [1.54, 1.807) is 6.08 Å². The zero-order chi connectivity index (χ0) is 20.1. The Kier molecular flexibility index (Phi) is 4.18. The van der Waals surface area contributed by atoms with Crippen LogP contribution in [-0.2, 0) is 6.54 Å². The Balaban J connectivity index is 1.74. The summed E-state index contributed by atoms with van der Waals surface area (Å²) in [5.74, 6) is -0.515. The van der Waals surface area contributed by atoms with E-state index >= 15 is 0 Å². The standard InChI is InChI=1S/C23H23NO4/c1-23(2,3)8-9-24-13-14(16-6-4-5-7-17(16)24)10-20-22(27)21-18(26)11-15(25)12-19(21)28-20/h4-7,10-13,25-26H,8-9H2,1-3H3/b20-10-. The summed E-state index contributed by atoms with van der Waals surface area (Å²) >= 11 is 0. The van der Waals surface area contributed by atoms with Crippen molar-refractivity contribution in [3.05, 3.63) is 59.5 Å². The van der Waals surface area contributed by atoms with Gasteiger partial charge in [0, 0.05) is 41.3 Å². The number of hydrogen-bond acceptors (Lipinski definition) is 4. The highest BCUT2D eigenvalue weighted by atomic mass is 16.5. The second kappa shape index (κ2) is 6.44. The molecule has 0 fully saturated rings. The first-order valence-corrected chi connectivity index (χ1v) is 9.31. The summed E-state index contributed by atoms with van der Waals surface area (Å²) in [5, 5.41) is 20.7. The van der Waals surface area contributed by atoms with E-state index in [1.807, 2.05) is 24.4 Å². The first-order valence-electron chi connectivity index (χ1n) is 9.31. The normalized spacial score (nSPS) is 15.2. The van der Waals surface area contributed by atoms with Crippen molar-refractivity contribution in [1.29, 1.82) is 0 Å². The summed E-state index contributed by atoms with van der Waals surface area (Å²) in [6.45, 7) is 7.51. The van der Waals surface area contributed by atoms with Gasteiger partial charge < -0.3 is 19.5 Å². The Morgan fingerprint density at radius 2 is 1.89 bits per heavy atom. The Morgan fingerprint density at radius 3 is 2.64 bits per heavy atom. The van der Waals surface area contributed by atoms with Crippen LogP contribution in [0, 0.1) is 5.41 Å². The van der Waals surface area contributed by atoms with Crippen molar-refractivity contribution in [2.24, 2.45) is 5.41 Å². The van der Waals surface area contributed by atoms with Crippen molar-refractivity contribution in [3.63, 3.8) is 0 Å². The predicted molar refractivity (Wildman–Crippen MR) is 109 cm³/mol. The highest BCUT2D eigenvalue weighted by Crippen LogP contribution is 2.41. The highest BCUT2D eigenvalue weighted by Gasteiger charge is 2.31. The van der Waals surface area contributed by atoms with Gasteiger partial charge in [-0.05, 0) is 24.0 Å². The quantitative estimate of drug-likeness (QED) is 0.623. The maximum Gasteiger partial charge on any atom is 0.235 e. The zero-order valence-corrected chi connectivity index (χ0v) is 16.2. The molecule has 0 amide bonds. The third-order valence-electron chi connectivity index (χ3n) is 4.95. The SMILES string of the molecule is CC(C)(C)CCn1cc(/C=C2\Oc3cc(O)cc(O)c3C2=O)c2ccccc21. The number of allylic oxidation sites excluding steroid dienone is 1. The van der Waals surface area contributed by atoms with Gasteiger partial charge in [-0.25, -0.2) is 0 Å². The molecule has 2 N–H and O–H groups in total. The van der Waals surface area contributed by atoms with Crippen molar-refractivity contribution in [2.75, 3.05) is 0 Å². The molecule has 0 spiro atoms. The topological polar surface area (TPSA) is 71.7 Å². The van der Waals surface area contributed by atoms with E-state index in [-0.39, 0.29) is 39.8 Å². The van der Waals surface area contributed by atoms with E-state index in [1.165, 1.54) is 6.07 Å². The number of aryl methyl sites for hydroxylation is 1. The molecule has 1 aliphatic heterocycles. The molecular formula is C23H23NO4. The molecule has 4 rings (SSSR count). The van der Waals surface area contributed by atoms with Crippen LogP contribution in [0.25, 0.3) is 17.0 Å². The lowest BCUT2D eigenvalue weighted by Gasteiger charge is -2.18. The fourth-order valence-corrected chi connectivity index (χ4v) is 3.45. The number of Topliss-reactive ketones (excluding diaryl/α,β-unsaturated/α-hetero) is 1. The van der Waals surface area contributed by atoms with Crippen molar-refractivity contribution in [3.8, 4) is 17.2 Å². The van der Waals surface area contributed by atoms with E-state index < -0.39 is 0 Å². The number of aromatic hydroxyl groups is 2. The number of hydrogen-bond donors (Lipinski definition) is 2. The molecule has 2 aromatic carbocycles. The Bertz CT molecular complexity index is 1120. The lowest BCUT2D eigenvalue weighted by atomic mass is 9.92. The number of phenolic OH excluding ortho intramolecular Hbond substituents is 2. The fraction of sp³-hybridized carbons (Fsp3) is 0.261.